The molecule has 0 radical (unpaired) electrons. The molecule has 5 nitrogen and oxygen atoms in total. The molecule has 0 unspecified atom stereocenters. The van der Waals surface area contributed by atoms with Crippen LogP contribution in [-0.2, 0) is 17.6 Å². The van der Waals surface area contributed by atoms with Gasteiger partial charge in [0.25, 0.3) is 5.91 Å². The molecule has 1 heterocycles. The number of rotatable bonds is 4. The van der Waals surface area contributed by atoms with Crippen molar-refractivity contribution >= 4 is 33.8 Å². The predicted molar refractivity (Wildman–Crippen MR) is 115 cm³/mol. The molecule has 6 heteroatoms. The molecule has 150 valence electrons. The molecule has 1 aliphatic rings. The fourth-order valence-corrected chi connectivity index (χ4v) is 5.05. The minimum Gasteiger partial charge on any atom is -0.497 e. The monoisotopic (exact) mass is 400 g/mol. The first-order valence-corrected chi connectivity index (χ1v) is 10.4. The lowest BCUT2D eigenvalue weighted by Crippen LogP contribution is -2.27. The van der Waals surface area contributed by atoms with E-state index in [-0.39, 0.29) is 17.2 Å². The van der Waals surface area contributed by atoms with E-state index in [4.69, 9.17) is 4.74 Å². The summed E-state index contributed by atoms with van der Waals surface area (Å²) in [5.41, 5.74) is 2.61. The number of thiophene rings is 1. The third kappa shape index (κ3) is 4.38. The third-order valence-corrected chi connectivity index (χ3v) is 6.52. The molecule has 1 atom stereocenters. The SMILES string of the molecule is COc1ccc(NC(=O)c2c(NC(C)=O)sc3c2CC[C@@H](C(C)(C)C)C3)cc1. The van der Waals surface area contributed by atoms with Gasteiger partial charge in [-0.05, 0) is 60.4 Å². The largest absolute Gasteiger partial charge is 0.497 e. The number of carbonyl (C=O) groups excluding carboxylic acids is 2. The van der Waals surface area contributed by atoms with Crippen LogP contribution in [0.4, 0.5) is 10.7 Å². The van der Waals surface area contributed by atoms with Crippen molar-refractivity contribution in [3.05, 3.63) is 40.3 Å². The lowest BCUT2D eigenvalue weighted by atomic mass is 9.72. The van der Waals surface area contributed by atoms with Gasteiger partial charge in [-0.15, -0.1) is 11.3 Å². The highest BCUT2D eigenvalue weighted by molar-refractivity contribution is 7.17. The highest BCUT2D eigenvalue weighted by atomic mass is 32.1. The first-order chi connectivity index (χ1) is 13.2. The Kier molecular flexibility index (Phi) is 5.79. The van der Waals surface area contributed by atoms with Gasteiger partial charge >= 0.3 is 0 Å². The molecule has 1 aliphatic carbocycles. The molecule has 3 rings (SSSR count). The second kappa shape index (κ2) is 7.95. The molecule has 1 aromatic carbocycles. The fourth-order valence-electron chi connectivity index (χ4n) is 3.68. The summed E-state index contributed by atoms with van der Waals surface area (Å²) in [5, 5.41) is 6.48. The number of hydrogen-bond donors (Lipinski definition) is 2. The number of fused-ring (bicyclic) bond motifs is 1. The van der Waals surface area contributed by atoms with Crippen LogP contribution in [0.25, 0.3) is 0 Å². The summed E-state index contributed by atoms with van der Waals surface area (Å²) in [5.74, 6) is 0.962. The van der Waals surface area contributed by atoms with Crippen LogP contribution in [-0.4, -0.2) is 18.9 Å². The van der Waals surface area contributed by atoms with Gasteiger partial charge in [0.15, 0.2) is 0 Å². The van der Waals surface area contributed by atoms with Crippen molar-refractivity contribution < 1.29 is 14.3 Å². The minimum atomic E-state index is -0.180. The van der Waals surface area contributed by atoms with Crippen LogP contribution in [0.1, 0.15) is 54.9 Å². The molecular formula is C22H28N2O3S. The number of benzene rings is 1. The van der Waals surface area contributed by atoms with Gasteiger partial charge in [-0.3, -0.25) is 9.59 Å². The van der Waals surface area contributed by atoms with Crippen molar-refractivity contribution in [1.82, 2.24) is 0 Å². The lowest BCUT2D eigenvalue weighted by Gasteiger charge is -2.33. The quantitative estimate of drug-likeness (QED) is 0.749. The fraction of sp³-hybridized carbons (Fsp3) is 0.455. The minimum absolute atomic E-state index is 0.163. The van der Waals surface area contributed by atoms with Crippen molar-refractivity contribution in [2.75, 3.05) is 17.7 Å². The van der Waals surface area contributed by atoms with Crippen molar-refractivity contribution in [2.45, 2.75) is 47.0 Å². The molecule has 0 saturated carbocycles. The summed E-state index contributed by atoms with van der Waals surface area (Å²) >= 11 is 1.54. The van der Waals surface area contributed by atoms with E-state index in [9.17, 15) is 9.59 Å². The number of amides is 2. The molecule has 0 aliphatic heterocycles. The van der Waals surface area contributed by atoms with Gasteiger partial charge in [-0.25, -0.2) is 0 Å². The summed E-state index contributed by atoms with van der Waals surface area (Å²) in [6.07, 6.45) is 2.86. The van der Waals surface area contributed by atoms with Crippen LogP contribution in [0, 0.1) is 11.3 Å². The zero-order chi connectivity index (χ0) is 20.5. The first kappa shape index (κ1) is 20.4. The maximum Gasteiger partial charge on any atom is 0.258 e. The highest BCUT2D eigenvalue weighted by Gasteiger charge is 2.33. The van der Waals surface area contributed by atoms with Crippen LogP contribution < -0.4 is 15.4 Å². The van der Waals surface area contributed by atoms with Crippen LogP contribution in [0.3, 0.4) is 0 Å². The van der Waals surface area contributed by atoms with Crippen molar-refractivity contribution in [1.29, 1.82) is 0 Å². The average molecular weight is 401 g/mol. The normalized spacial score (nSPS) is 16.2. The second-order valence-electron chi connectivity index (χ2n) is 8.38. The Bertz CT molecular complexity index is 878. The van der Waals surface area contributed by atoms with E-state index in [2.05, 4.69) is 31.4 Å². The molecule has 1 aromatic heterocycles. The van der Waals surface area contributed by atoms with Crippen LogP contribution in [0.2, 0.25) is 0 Å². The summed E-state index contributed by atoms with van der Waals surface area (Å²) in [4.78, 5) is 26.0. The Balaban J connectivity index is 1.91. The van der Waals surface area contributed by atoms with E-state index in [1.165, 1.54) is 11.8 Å². The summed E-state index contributed by atoms with van der Waals surface area (Å²) in [6.45, 7) is 8.27. The molecule has 0 saturated heterocycles. The molecule has 0 bridgehead atoms. The van der Waals surface area contributed by atoms with Crippen LogP contribution in [0.5, 0.6) is 5.75 Å². The number of carbonyl (C=O) groups is 2. The smallest absolute Gasteiger partial charge is 0.258 e. The van der Waals surface area contributed by atoms with Crippen molar-refractivity contribution in [3.63, 3.8) is 0 Å². The zero-order valence-electron chi connectivity index (χ0n) is 17.1. The lowest BCUT2D eigenvalue weighted by molar-refractivity contribution is -0.114. The van der Waals surface area contributed by atoms with E-state index < -0.39 is 0 Å². The zero-order valence-corrected chi connectivity index (χ0v) is 18.0. The molecular weight excluding hydrogens is 372 g/mol. The van der Waals surface area contributed by atoms with Gasteiger partial charge in [0, 0.05) is 17.5 Å². The van der Waals surface area contributed by atoms with Crippen molar-refractivity contribution in [3.8, 4) is 5.75 Å². The van der Waals surface area contributed by atoms with Gasteiger partial charge in [0.1, 0.15) is 10.8 Å². The number of hydrogen-bond acceptors (Lipinski definition) is 4. The molecule has 0 spiro atoms. The number of nitrogens with one attached hydrogen (secondary N) is 2. The number of methoxy groups -OCH3 is 1. The van der Waals surface area contributed by atoms with E-state index in [1.54, 1.807) is 30.6 Å². The molecule has 2 N–H and O–H groups in total. The van der Waals surface area contributed by atoms with E-state index in [0.717, 1.165) is 30.6 Å². The Hall–Kier alpha value is -2.34. The standard InChI is InChI=1S/C22H28N2O3S/c1-13(25)23-21-19(20(26)24-15-7-9-16(27-5)10-8-15)17-11-6-14(22(2,3)4)12-18(17)28-21/h7-10,14H,6,11-12H2,1-5H3,(H,23,25)(H,24,26)/t14-/m1/s1. The van der Waals surface area contributed by atoms with E-state index in [0.29, 0.717) is 22.2 Å². The predicted octanol–water partition coefficient (Wildman–Crippen LogP) is 5.12. The van der Waals surface area contributed by atoms with Gasteiger partial charge in [-0.1, -0.05) is 20.8 Å². The first-order valence-electron chi connectivity index (χ1n) is 9.56. The molecule has 2 amide bonds. The van der Waals surface area contributed by atoms with Crippen molar-refractivity contribution in [2.24, 2.45) is 11.3 Å². The maximum absolute atomic E-state index is 13.1. The summed E-state index contributed by atoms with van der Waals surface area (Å²) in [6, 6.07) is 7.23. The topological polar surface area (TPSA) is 67.4 Å². The maximum atomic E-state index is 13.1. The summed E-state index contributed by atoms with van der Waals surface area (Å²) in [7, 11) is 1.61. The van der Waals surface area contributed by atoms with Gasteiger partial charge < -0.3 is 15.4 Å². The van der Waals surface area contributed by atoms with Crippen LogP contribution >= 0.6 is 11.3 Å². The third-order valence-electron chi connectivity index (χ3n) is 5.35. The molecule has 2 aromatic rings. The molecule has 28 heavy (non-hydrogen) atoms. The Morgan fingerprint density at radius 1 is 1.14 bits per heavy atom. The van der Waals surface area contributed by atoms with Gasteiger partial charge in [0.05, 0.1) is 12.7 Å². The highest BCUT2D eigenvalue weighted by Crippen LogP contribution is 2.44. The van der Waals surface area contributed by atoms with Gasteiger partial charge in [-0.2, -0.15) is 0 Å². The Labute approximate surface area is 170 Å². The van der Waals surface area contributed by atoms with E-state index in [1.807, 2.05) is 12.1 Å². The van der Waals surface area contributed by atoms with Gasteiger partial charge in [0.2, 0.25) is 5.91 Å². The van der Waals surface area contributed by atoms with Crippen LogP contribution in [0.15, 0.2) is 24.3 Å². The Morgan fingerprint density at radius 3 is 2.39 bits per heavy atom. The Morgan fingerprint density at radius 2 is 1.82 bits per heavy atom. The molecule has 0 fully saturated rings. The van der Waals surface area contributed by atoms with E-state index >= 15 is 0 Å². The average Bonchev–Trinajstić information content (AvgIpc) is 2.97. The second-order valence-corrected chi connectivity index (χ2v) is 9.48. The summed E-state index contributed by atoms with van der Waals surface area (Å²) < 4.78 is 5.16. The number of ether oxygens (including phenoxy) is 1. The number of anilines is 2.